The van der Waals surface area contributed by atoms with Crippen molar-refractivity contribution in [2.24, 2.45) is 7.05 Å². The Morgan fingerprint density at radius 1 is 1.16 bits per heavy atom. The SMILES string of the molecule is Cn1ccc(C2CCCN(S(=O)(=O)c3cccc4cccnc34)C2)n1. The fourth-order valence-electron chi connectivity index (χ4n) is 3.48. The smallest absolute Gasteiger partial charge is 0.245 e. The van der Waals surface area contributed by atoms with Gasteiger partial charge in [-0.2, -0.15) is 9.40 Å². The molecule has 0 aliphatic carbocycles. The van der Waals surface area contributed by atoms with Crippen LogP contribution in [0.15, 0.2) is 53.7 Å². The number of hydrogen-bond donors (Lipinski definition) is 0. The predicted molar refractivity (Wildman–Crippen MR) is 95.7 cm³/mol. The Bertz CT molecular complexity index is 1010. The average molecular weight is 356 g/mol. The summed E-state index contributed by atoms with van der Waals surface area (Å²) in [4.78, 5) is 4.59. The van der Waals surface area contributed by atoms with Crippen LogP contribution in [0.4, 0.5) is 0 Å². The summed E-state index contributed by atoms with van der Waals surface area (Å²) in [5.74, 6) is 0.132. The Morgan fingerprint density at radius 2 is 2.00 bits per heavy atom. The minimum absolute atomic E-state index is 0.132. The van der Waals surface area contributed by atoms with Gasteiger partial charge < -0.3 is 0 Å². The molecular weight excluding hydrogens is 336 g/mol. The van der Waals surface area contributed by atoms with Crippen molar-refractivity contribution in [3.8, 4) is 0 Å². The fourth-order valence-corrected chi connectivity index (χ4v) is 5.17. The molecule has 3 heterocycles. The summed E-state index contributed by atoms with van der Waals surface area (Å²) >= 11 is 0. The Morgan fingerprint density at radius 3 is 2.80 bits per heavy atom. The Kier molecular flexibility index (Phi) is 4.05. The first-order chi connectivity index (χ1) is 12.1. The van der Waals surface area contributed by atoms with Crippen LogP contribution in [-0.2, 0) is 17.1 Å². The Hall–Kier alpha value is -2.25. The first kappa shape index (κ1) is 16.2. The zero-order chi connectivity index (χ0) is 17.4. The van der Waals surface area contributed by atoms with Crippen LogP contribution < -0.4 is 0 Å². The van der Waals surface area contributed by atoms with E-state index in [2.05, 4.69) is 10.1 Å². The molecule has 1 saturated heterocycles. The van der Waals surface area contributed by atoms with Crippen molar-refractivity contribution in [2.45, 2.75) is 23.7 Å². The maximum Gasteiger partial charge on any atom is 0.245 e. The van der Waals surface area contributed by atoms with Gasteiger partial charge in [-0.3, -0.25) is 9.67 Å². The van der Waals surface area contributed by atoms with Crippen LogP contribution in [0.5, 0.6) is 0 Å². The first-order valence-electron chi connectivity index (χ1n) is 8.39. The van der Waals surface area contributed by atoms with Gasteiger partial charge in [0.1, 0.15) is 4.90 Å². The minimum Gasteiger partial charge on any atom is -0.276 e. The number of fused-ring (bicyclic) bond motifs is 1. The molecule has 0 N–H and O–H groups in total. The molecule has 1 atom stereocenters. The molecule has 0 spiro atoms. The molecule has 0 bridgehead atoms. The van der Waals surface area contributed by atoms with Crippen molar-refractivity contribution in [1.82, 2.24) is 19.1 Å². The lowest BCUT2D eigenvalue weighted by Crippen LogP contribution is -2.39. The molecule has 3 aromatic rings. The topological polar surface area (TPSA) is 68.1 Å². The van der Waals surface area contributed by atoms with Crippen LogP contribution in [0.1, 0.15) is 24.5 Å². The normalized spacial score (nSPS) is 19.3. The van der Waals surface area contributed by atoms with E-state index in [9.17, 15) is 8.42 Å². The molecule has 0 amide bonds. The number of benzene rings is 1. The van der Waals surface area contributed by atoms with Crippen LogP contribution in [0, 0.1) is 0 Å². The number of aromatic nitrogens is 3. The van der Waals surface area contributed by atoms with Gasteiger partial charge in [0.25, 0.3) is 0 Å². The molecular formula is C18H20N4O2S. The van der Waals surface area contributed by atoms with Gasteiger partial charge in [0, 0.05) is 43.8 Å². The summed E-state index contributed by atoms with van der Waals surface area (Å²) in [6, 6.07) is 11.0. The Labute approximate surface area is 147 Å². The number of para-hydroxylation sites is 1. The Balaban J connectivity index is 1.69. The monoisotopic (exact) mass is 356 g/mol. The van der Waals surface area contributed by atoms with Crippen LogP contribution in [0.2, 0.25) is 0 Å². The van der Waals surface area contributed by atoms with Crippen molar-refractivity contribution in [2.75, 3.05) is 13.1 Å². The van der Waals surface area contributed by atoms with Crippen molar-refractivity contribution in [3.63, 3.8) is 0 Å². The third kappa shape index (κ3) is 2.94. The van der Waals surface area contributed by atoms with Crippen LogP contribution in [0.3, 0.4) is 0 Å². The second-order valence-electron chi connectivity index (χ2n) is 6.45. The highest BCUT2D eigenvalue weighted by atomic mass is 32.2. The number of hydrogen-bond acceptors (Lipinski definition) is 4. The molecule has 4 rings (SSSR count). The standard InChI is InChI=1S/C18H20N4O2S/c1-21-12-9-16(20-21)15-7-4-11-22(13-15)25(23,24)17-8-2-5-14-6-3-10-19-18(14)17/h2-3,5-6,8-10,12,15H,4,7,11,13H2,1H3. The molecule has 1 aliphatic rings. The molecule has 0 radical (unpaired) electrons. The summed E-state index contributed by atoms with van der Waals surface area (Å²) in [6.07, 6.45) is 5.32. The zero-order valence-electron chi connectivity index (χ0n) is 14.0. The number of rotatable bonds is 3. The van der Waals surface area contributed by atoms with Gasteiger partial charge in [-0.15, -0.1) is 0 Å². The van der Waals surface area contributed by atoms with Crippen molar-refractivity contribution >= 4 is 20.9 Å². The third-order valence-electron chi connectivity index (χ3n) is 4.75. The average Bonchev–Trinajstić information content (AvgIpc) is 3.08. The quantitative estimate of drug-likeness (QED) is 0.723. The van der Waals surface area contributed by atoms with Crippen LogP contribution in [-0.4, -0.2) is 40.6 Å². The van der Waals surface area contributed by atoms with Gasteiger partial charge in [-0.05, 0) is 31.0 Å². The summed E-state index contributed by atoms with van der Waals surface area (Å²) in [5.41, 5.74) is 1.49. The van der Waals surface area contributed by atoms with Gasteiger partial charge >= 0.3 is 0 Å². The maximum atomic E-state index is 13.2. The van der Waals surface area contributed by atoms with Gasteiger partial charge in [0.05, 0.1) is 11.2 Å². The van der Waals surface area contributed by atoms with Crippen LogP contribution in [0.25, 0.3) is 10.9 Å². The molecule has 7 heteroatoms. The lowest BCUT2D eigenvalue weighted by atomic mass is 9.96. The van der Waals surface area contributed by atoms with E-state index >= 15 is 0 Å². The largest absolute Gasteiger partial charge is 0.276 e. The molecule has 2 aromatic heterocycles. The number of sulfonamides is 1. The molecule has 130 valence electrons. The van der Waals surface area contributed by atoms with Crippen molar-refractivity contribution in [3.05, 3.63) is 54.5 Å². The molecule has 1 fully saturated rings. The highest BCUT2D eigenvalue weighted by Gasteiger charge is 2.32. The van der Waals surface area contributed by atoms with E-state index in [0.717, 1.165) is 23.9 Å². The maximum absolute atomic E-state index is 13.2. The zero-order valence-corrected chi connectivity index (χ0v) is 14.9. The molecule has 25 heavy (non-hydrogen) atoms. The predicted octanol–water partition coefficient (Wildman–Crippen LogP) is 2.54. The summed E-state index contributed by atoms with van der Waals surface area (Å²) in [7, 11) is -1.71. The molecule has 1 aliphatic heterocycles. The number of aryl methyl sites for hydroxylation is 1. The number of nitrogens with zero attached hydrogens (tertiary/aromatic N) is 4. The highest BCUT2D eigenvalue weighted by molar-refractivity contribution is 7.89. The molecule has 1 aromatic carbocycles. The van der Waals surface area contributed by atoms with Gasteiger partial charge in [0.2, 0.25) is 10.0 Å². The minimum atomic E-state index is -3.59. The van der Waals surface area contributed by atoms with Gasteiger partial charge in [-0.25, -0.2) is 8.42 Å². The number of piperidine rings is 1. The van der Waals surface area contributed by atoms with Gasteiger partial charge in [0.15, 0.2) is 0 Å². The van der Waals surface area contributed by atoms with E-state index < -0.39 is 10.0 Å². The fraction of sp³-hybridized carbons (Fsp3) is 0.333. The van der Waals surface area contributed by atoms with E-state index in [-0.39, 0.29) is 10.8 Å². The van der Waals surface area contributed by atoms with E-state index in [1.807, 2.05) is 37.5 Å². The van der Waals surface area contributed by atoms with E-state index in [1.54, 1.807) is 27.3 Å². The third-order valence-corrected chi connectivity index (χ3v) is 6.65. The molecule has 1 unspecified atom stereocenters. The second kappa shape index (κ2) is 6.24. The molecule has 0 saturated carbocycles. The van der Waals surface area contributed by atoms with Crippen LogP contribution >= 0.6 is 0 Å². The number of pyridine rings is 1. The van der Waals surface area contributed by atoms with E-state index in [0.29, 0.717) is 18.6 Å². The van der Waals surface area contributed by atoms with E-state index in [1.165, 1.54) is 0 Å². The lowest BCUT2D eigenvalue weighted by molar-refractivity contribution is 0.312. The lowest BCUT2D eigenvalue weighted by Gasteiger charge is -2.31. The summed E-state index contributed by atoms with van der Waals surface area (Å²) in [5, 5.41) is 5.29. The summed E-state index contributed by atoms with van der Waals surface area (Å²) < 4.78 is 29.8. The van der Waals surface area contributed by atoms with E-state index in [4.69, 9.17) is 0 Å². The van der Waals surface area contributed by atoms with Crippen molar-refractivity contribution < 1.29 is 8.42 Å². The second-order valence-corrected chi connectivity index (χ2v) is 8.35. The van der Waals surface area contributed by atoms with Gasteiger partial charge in [-0.1, -0.05) is 18.2 Å². The first-order valence-corrected chi connectivity index (χ1v) is 9.83. The molecule has 6 nitrogen and oxygen atoms in total. The van der Waals surface area contributed by atoms with Crippen molar-refractivity contribution in [1.29, 1.82) is 0 Å². The summed E-state index contributed by atoms with van der Waals surface area (Å²) in [6.45, 7) is 0.997. The highest BCUT2D eigenvalue weighted by Crippen LogP contribution is 2.31.